The summed E-state index contributed by atoms with van der Waals surface area (Å²) in [5.74, 6) is 1.32. The molecule has 0 saturated heterocycles. The fourth-order valence-corrected chi connectivity index (χ4v) is 6.42. The first kappa shape index (κ1) is 18.0. The topological polar surface area (TPSA) is 20.2 Å². The van der Waals surface area contributed by atoms with Gasteiger partial charge in [0.1, 0.15) is 0 Å². The molecular formula is C23H36O. The van der Waals surface area contributed by atoms with Crippen LogP contribution in [0.25, 0.3) is 0 Å². The van der Waals surface area contributed by atoms with E-state index in [0.29, 0.717) is 5.92 Å². The Morgan fingerprint density at radius 1 is 1.25 bits per heavy atom. The molecule has 3 rings (SSSR count). The molecule has 0 spiro atoms. The molecule has 0 amide bonds. The summed E-state index contributed by atoms with van der Waals surface area (Å²) in [6.07, 6.45) is 17.1. The molecule has 2 fully saturated rings. The van der Waals surface area contributed by atoms with E-state index < -0.39 is 0 Å². The van der Waals surface area contributed by atoms with Gasteiger partial charge in [-0.3, -0.25) is 0 Å². The van der Waals surface area contributed by atoms with Crippen molar-refractivity contribution >= 4 is 0 Å². The fraction of sp³-hybridized carbons (Fsp3) is 0.739. The van der Waals surface area contributed by atoms with Crippen LogP contribution in [0, 0.1) is 28.1 Å². The summed E-state index contributed by atoms with van der Waals surface area (Å²) in [6, 6.07) is 0. The van der Waals surface area contributed by atoms with Crippen molar-refractivity contribution in [2.24, 2.45) is 28.1 Å². The van der Waals surface area contributed by atoms with E-state index in [1.807, 2.05) is 19.1 Å². The predicted octanol–water partition coefficient (Wildman–Crippen LogP) is 6.06. The third-order valence-electron chi connectivity index (χ3n) is 7.92. The van der Waals surface area contributed by atoms with Gasteiger partial charge in [-0.2, -0.15) is 0 Å². The van der Waals surface area contributed by atoms with Gasteiger partial charge in [-0.15, -0.1) is 6.58 Å². The zero-order chi connectivity index (χ0) is 17.6. The lowest BCUT2D eigenvalue weighted by Crippen LogP contribution is -2.53. The SMILES string of the molecule is C=C[C@@]1(C)CC=C2C(CCC3[C@](C)(C(O)C=CC)CCC[C@@]23C)C1. The minimum atomic E-state index is -0.314. The molecule has 6 atom stereocenters. The van der Waals surface area contributed by atoms with Crippen LogP contribution in [-0.4, -0.2) is 11.2 Å². The molecule has 0 aromatic rings. The Labute approximate surface area is 148 Å². The third-order valence-corrected chi connectivity index (χ3v) is 7.92. The molecule has 0 aromatic heterocycles. The molecule has 0 heterocycles. The van der Waals surface area contributed by atoms with Crippen LogP contribution in [-0.2, 0) is 0 Å². The Bertz CT molecular complexity index is 558. The second kappa shape index (κ2) is 6.16. The summed E-state index contributed by atoms with van der Waals surface area (Å²) >= 11 is 0. The molecule has 1 heteroatoms. The van der Waals surface area contributed by atoms with Gasteiger partial charge in [-0.25, -0.2) is 0 Å². The van der Waals surface area contributed by atoms with Gasteiger partial charge < -0.3 is 5.11 Å². The Morgan fingerprint density at radius 2 is 2.00 bits per heavy atom. The second-order valence-corrected chi connectivity index (χ2v) is 9.50. The largest absolute Gasteiger partial charge is 0.388 e. The van der Waals surface area contributed by atoms with Crippen LogP contribution in [0.4, 0.5) is 0 Å². The second-order valence-electron chi connectivity index (χ2n) is 9.50. The van der Waals surface area contributed by atoms with Gasteiger partial charge in [0.2, 0.25) is 0 Å². The van der Waals surface area contributed by atoms with E-state index in [1.165, 1.54) is 32.1 Å². The number of hydrogen-bond donors (Lipinski definition) is 1. The molecule has 1 nitrogen and oxygen atoms in total. The smallest absolute Gasteiger partial charge is 0.0777 e. The number of allylic oxidation sites excluding steroid dienone is 4. The van der Waals surface area contributed by atoms with Crippen LogP contribution >= 0.6 is 0 Å². The minimum Gasteiger partial charge on any atom is -0.388 e. The van der Waals surface area contributed by atoms with Crippen molar-refractivity contribution in [3.63, 3.8) is 0 Å². The molecule has 3 aliphatic carbocycles. The summed E-state index contributed by atoms with van der Waals surface area (Å²) in [4.78, 5) is 0. The maximum atomic E-state index is 10.9. The van der Waals surface area contributed by atoms with Crippen LogP contribution < -0.4 is 0 Å². The average Bonchev–Trinajstić information content (AvgIpc) is 2.54. The normalized spacial score (nSPS) is 46.8. The van der Waals surface area contributed by atoms with Crippen molar-refractivity contribution in [2.75, 3.05) is 0 Å². The molecule has 0 aliphatic heterocycles. The highest BCUT2D eigenvalue weighted by Crippen LogP contribution is 2.64. The van der Waals surface area contributed by atoms with Gasteiger partial charge in [0, 0.05) is 5.41 Å². The van der Waals surface area contributed by atoms with E-state index in [4.69, 9.17) is 0 Å². The first-order chi connectivity index (χ1) is 11.3. The van der Waals surface area contributed by atoms with E-state index in [1.54, 1.807) is 5.57 Å². The standard InChI is InChI=1S/C23H36O/c1-6-9-20(24)23(5)14-8-13-22(4)18-12-15-21(3,7-2)16-17(18)10-11-19(22)23/h6-7,9,12,17,19-20,24H,2,8,10-11,13-16H2,1,3-5H3/t17?,19?,20?,21-,22-,23+/m0/s1. The van der Waals surface area contributed by atoms with Gasteiger partial charge >= 0.3 is 0 Å². The molecule has 2 saturated carbocycles. The Hall–Kier alpha value is -0.820. The number of hydrogen-bond acceptors (Lipinski definition) is 1. The van der Waals surface area contributed by atoms with Crippen molar-refractivity contribution < 1.29 is 5.11 Å². The number of rotatable bonds is 3. The van der Waals surface area contributed by atoms with Crippen molar-refractivity contribution in [3.05, 3.63) is 36.5 Å². The zero-order valence-electron chi connectivity index (χ0n) is 16.1. The minimum absolute atomic E-state index is 0.0184. The van der Waals surface area contributed by atoms with Crippen molar-refractivity contribution in [1.29, 1.82) is 0 Å². The molecule has 24 heavy (non-hydrogen) atoms. The summed E-state index contributed by atoms with van der Waals surface area (Å²) in [5.41, 5.74) is 2.29. The maximum Gasteiger partial charge on any atom is 0.0777 e. The molecule has 0 radical (unpaired) electrons. The Kier molecular flexibility index (Phi) is 4.62. The summed E-state index contributed by atoms with van der Waals surface area (Å²) < 4.78 is 0. The predicted molar refractivity (Wildman–Crippen MR) is 103 cm³/mol. The van der Waals surface area contributed by atoms with Crippen LogP contribution in [0.1, 0.15) is 72.6 Å². The van der Waals surface area contributed by atoms with E-state index >= 15 is 0 Å². The summed E-state index contributed by atoms with van der Waals surface area (Å²) in [6.45, 7) is 13.3. The quantitative estimate of drug-likeness (QED) is 0.624. The monoisotopic (exact) mass is 328 g/mol. The van der Waals surface area contributed by atoms with E-state index in [0.717, 1.165) is 18.8 Å². The molecule has 3 unspecified atom stereocenters. The van der Waals surface area contributed by atoms with Gasteiger partial charge in [0.25, 0.3) is 0 Å². The maximum absolute atomic E-state index is 10.9. The fourth-order valence-electron chi connectivity index (χ4n) is 6.42. The summed E-state index contributed by atoms with van der Waals surface area (Å²) in [7, 11) is 0. The first-order valence-electron chi connectivity index (χ1n) is 9.94. The van der Waals surface area contributed by atoms with Crippen LogP contribution in [0.15, 0.2) is 36.5 Å². The number of aliphatic hydroxyl groups excluding tert-OH is 1. The lowest BCUT2D eigenvalue weighted by atomic mass is 9.45. The molecule has 3 aliphatic rings. The highest BCUT2D eigenvalue weighted by molar-refractivity contribution is 5.29. The van der Waals surface area contributed by atoms with Gasteiger partial charge in [0.05, 0.1) is 6.10 Å². The summed E-state index contributed by atoms with van der Waals surface area (Å²) in [5, 5.41) is 10.9. The molecule has 0 aromatic carbocycles. The lowest BCUT2D eigenvalue weighted by Gasteiger charge is -2.60. The molecule has 134 valence electrons. The first-order valence-corrected chi connectivity index (χ1v) is 9.94. The highest BCUT2D eigenvalue weighted by atomic mass is 16.3. The molecule has 1 N–H and O–H groups in total. The van der Waals surface area contributed by atoms with Gasteiger partial charge in [0.15, 0.2) is 0 Å². The zero-order valence-corrected chi connectivity index (χ0v) is 16.1. The third kappa shape index (κ3) is 2.64. The van der Waals surface area contributed by atoms with E-state index in [9.17, 15) is 5.11 Å². The van der Waals surface area contributed by atoms with Crippen LogP contribution in [0.5, 0.6) is 0 Å². The Balaban J connectivity index is 1.96. The molecular weight excluding hydrogens is 292 g/mol. The van der Waals surface area contributed by atoms with Crippen molar-refractivity contribution in [3.8, 4) is 0 Å². The van der Waals surface area contributed by atoms with E-state index in [-0.39, 0.29) is 22.3 Å². The molecule has 0 bridgehead atoms. The van der Waals surface area contributed by atoms with Gasteiger partial charge in [-0.05, 0) is 68.1 Å². The van der Waals surface area contributed by atoms with Crippen molar-refractivity contribution in [2.45, 2.75) is 78.7 Å². The lowest BCUT2D eigenvalue weighted by molar-refractivity contribution is -0.0818. The number of fused-ring (bicyclic) bond motifs is 3. The van der Waals surface area contributed by atoms with E-state index in [2.05, 4.69) is 39.5 Å². The average molecular weight is 329 g/mol. The van der Waals surface area contributed by atoms with Crippen molar-refractivity contribution in [1.82, 2.24) is 0 Å². The van der Waals surface area contributed by atoms with Gasteiger partial charge in [-0.1, -0.05) is 57.1 Å². The number of aliphatic hydroxyl groups is 1. The van der Waals surface area contributed by atoms with Crippen LogP contribution in [0.3, 0.4) is 0 Å². The van der Waals surface area contributed by atoms with Crippen LogP contribution in [0.2, 0.25) is 0 Å². The Morgan fingerprint density at radius 3 is 2.67 bits per heavy atom. The highest BCUT2D eigenvalue weighted by Gasteiger charge is 2.56.